The SMILES string of the molecule is CC(C)NCC(C)NC(C)C. The predicted molar refractivity (Wildman–Crippen MR) is 50.9 cm³/mol. The van der Waals surface area contributed by atoms with E-state index in [2.05, 4.69) is 45.3 Å². The standard InChI is InChI=1S/C9H22N2/c1-7(2)10-6-9(5)11-8(3)4/h7-11H,6H2,1-5H3. The third-order valence-corrected chi connectivity index (χ3v) is 1.45. The normalized spacial score (nSPS) is 14.5. The van der Waals surface area contributed by atoms with Gasteiger partial charge in [-0.3, -0.25) is 0 Å². The lowest BCUT2D eigenvalue weighted by Crippen LogP contribution is -2.41. The van der Waals surface area contributed by atoms with Crippen LogP contribution < -0.4 is 10.6 Å². The van der Waals surface area contributed by atoms with E-state index < -0.39 is 0 Å². The average Bonchev–Trinajstić information content (AvgIpc) is 1.82. The molecule has 0 bridgehead atoms. The summed E-state index contributed by atoms with van der Waals surface area (Å²) in [5, 5.41) is 6.82. The molecule has 0 aromatic carbocycles. The van der Waals surface area contributed by atoms with E-state index in [9.17, 15) is 0 Å². The molecule has 1 unspecified atom stereocenters. The van der Waals surface area contributed by atoms with Crippen LogP contribution in [0, 0.1) is 0 Å². The number of rotatable bonds is 5. The summed E-state index contributed by atoms with van der Waals surface area (Å²) in [4.78, 5) is 0. The molecule has 0 aromatic rings. The van der Waals surface area contributed by atoms with Crippen LogP contribution in [0.15, 0.2) is 0 Å². The molecule has 1 atom stereocenters. The molecule has 0 rings (SSSR count). The van der Waals surface area contributed by atoms with Gasteiger partial charge in [-0.2, -0.15) is 0 Å². The predicted octanol–water partition coefficient (Wildman–Crippen LogP) is 1.37. The fourth-order valence-electron chi connectivity index (χ4n) is 1.04. The van der Waals surface area contributed by atoms with Crippen molar-refractivity contribution in [2.45, 2.75) is 52.7 Å². The summed E-state index contributed by atoms with van der Waals surface area (Å²) in [6.45, 7) is 11.9. The summed E-state index contributed by atoms with van der Waals surface area (Å²) < 4.78 is 0. The zero-order chi connectivity index (χ0) is 8.85. The highest BCUT2D eigenvalue weighted by atomic mass is 15.0. The lowest BCUT2D eigenvalue weighted by atomic mass is 10.2. The van der Waals surface area contributed by atoms with E-state index >= 15 is 0 Å². The summed E-state index contributed by atoms with van der Waals surface area (Å²) >= 11 is 0. The smallest absolute Gasteiger partial charge is 0.0166 e. The molecule has 0 aliphatic carbocycles. The first-order valence-electron chi connectivity index (χ1n) is 4.51. The monoisotopic (exact) mass is 158 g/mol. The van der Waals surface area contributed by atoms with Gasteiger partial charge in [-0.25, -0.2) is 0 Å². The molecule has 2 N–H and O–H groups in total. The Balaban J connectivity index is 3.29. The largest absolute Gasteiger partial charge is 0.313 e. The molecule has 68 valence electrons. The van der Waals surface area contributed by atoms with Gasteiger partial charge in [0, 0.05) is 24.7 Å². The quantitative estimate of drug-likeness (QED) is 0.631. The molecule has 0 spiro atoms. The average molecular weight is 158 g/mol. The van der Waals surface area contributed by atoms with E-state index in [1.165, 1.54) is 0 Å². The lowest BCUT2D eigenvalue weighted by molar-refractivity contribution is 0.442. The van der Waals surface area contributed by atoms with Gasteiger partial charge in [0.2, 0.25) is 0 Å². The fraction of sp³-hybridized carbons (Fsp3) is 1.00. The fourth-order valence-corrected chi connectivity index (χ4v) is 1.04. The maximum atomic E-state index is 3.44. The molecule has 0 aromatic heterocycles. The Bertz CT molecular complexity index is 89.6. The van der Waals surface area contributed by atoms with Crippen molar-refractivity contribution in [1.82, 2.24) is 10.6 Å². The first-order valence-corrected chi connectivity index (χ1v) is 4.51. The summed E-state index contributed by atoms with van der Waals surface area (Å²) in [5.74, 6) is 0. The van der Waals surface area contributed by atoms with Crippen LogP contribution >= 0.6 is 0 Å². The Morgan fingerprint density at radius 2 is 1.45 bits per heavy atom. The molecule has 0 saturated heterocycles. The van der Waals surface area contributed by atoms with Crippen LogP contribution in [0.5, 0.6) is 0 Å². The van der Waals surface area contributed by atoms with Gasteiger partial charge in [-0.1, -0.05) is 27.7 Å². The third kappa shape index (κ3) is 7.82. The number of hydrogen-bond acceptors (Lipinski definition) is 2. The number of nitrogens with one attached hydrogen (secondary N) is 2. The highest BCUT2D eigenvalue weighted by Crippen LogP contribution is 1.85. The van der Waals surface area contributed by atoms with E-state index in [0.29, 0.717) is 18.1 Å². The summed E-state index contributed by atoms with van der Waals surface area (Å²) in [6.07, 6.45) is 0. The van der Waals surface area contributed by atoms with Gasteiger partial charge in [0.05, 0.1) is 0 Å². The van der Waals surface area contributed by atoms with Crippen LogP contribution in [0.4, 0.5) is 0 Å². The Morgan fingerprint density at radius 3 is 1.82 bits per heavy atom. The molecule has 0 radical (unpaired) electrons. The van der Waals surface area contributed by atoms with Gasteiger partial charge in [0.25, 0.3) is 0 Å². The second-order valence-electron chi connectivity index (χ2n) is 3.79. The van der Waals surface area contributed by atoms with Crippen LogP contribution in [0.3, 0.4) is 0 Å². The second-order valence-corrected chi connectivity index (χ2v) is 3.79. The molecule has 0 amide bonds. The van der Waals surface area contributed by atoms with Crippen molar-refractivity contribution in [3.05, 3.63) is 0 Å². The van der Waals surface area contributed by atoms with Gasteiger partial charge < -0.3 is 10.6 Å². The minimum absolute atomic E-state index is 0.567. The van der Waals surface area contributed by atoms with E-state index in [1.807, 2.05) is 0 Å². The van der Waals surface area contributed by atoms with Crippen molar-refractivity contribution in [3.8, 4) is 0 Å². The topological polar surface area (TPSA) is 24.1 Å². The molecule has 0 saturated carbocycles. The van der Waals surface area contributed by atoms with Crippen molar-refractivity contribution in [2.75, 3.05) is 6.54 Å². The number of hydrogen-bond donors (Lipinski definition) is 2. The van der Waals surface area contributed by atoms with Crippen molar-refractivity contribution >= 4 is 0 Å². The van der Waals surface area contributed by atoms with Crippen LogP contribution in [-0.2, 0) is 0 Å². The van der Waals surface area contributed by atoms with E-state index in [0.717, 1.165) is 6.54 Å². The van der Waals surface area contributed by atoms with Crippen molar-refractivity contribution < 1.29 is 0 Å². The summed E-state index contributed by atoms with van der Waals surface area (Å²) in [6, 6.07) is 1.74. The third-order valence-electron chi connectivity index (χ3n) is 1.45. The molecule has 2 nitrogen and oxygen atoms in total. The maximum Gasteiger partial charge on any atom is 0.0166 e. The minimum Gasteiger partial charge on any atom is -0.313 e. The molecule has 11 heavy (non-hydrogen) atoms. The molecule has 0 aliphatic rings. The molecule has 0 fully saturated rings. The van der Waals surface area contributed by atoms with Crippen molar-refractivity contribution in [1.29, 1.82) is 0 Å². The van der Waals surface area contributed by atoms with E-state index in [-0.39, 0.29) is 0 Å². The Hall–Kier alpha value is -0.0800. The molecule has 0 aliphatic heterocycles. The Kier molecular flexibility index (Phi) is 5.51. The van der Waals surface area contributed by atoms with Crippen LogP contribution in [0.25, 0.3) is 0 Å². The van der Waals surface area contributed by atoms with E-state index in [1.54, 1.807) is 0 Å². The van der Waals surface area contributed by atoms with Gasteiger partial charge in [0.15, 0.2) is 0 Å². The van der Waals surface area contributed by atoms with Gasteiger partial charge in [0.1, 0.15) is 0 Å². The molecular formula is C9H22N2. The Labute approximate surface area is 70.8 Å². The maximum absolute atomic E-state index is 3.44. The zero-order valence-electron chi connectivity index (χ0n) is 8.44. The Morgan fingerprint density at radius 1 is 0.909 bits per heavy atom. The van der Waals surface area contributed by atoms with Gasteiger partial charge >= 0.3 is 0 Å². The van der Waals surface area contributed by atoms with Crippen LogP contribution in [-0.4, -0.2) is 24.7 Å². The van der Waals surface area contributed by atoms with Crippen LogP contribution in [0.2, 0.25) is 0 Å². The first kappa shape index (κ1) is 10.9. The molecule has 2 heteroatoms. The second kappa shape index (κ2) is 5.56. The lowest BCUT2D eigenvalue weighted by Gasteiger charge is -2.18. The van der Waals surface area contributed by atoms with E-state index in [4.69, 9.17) is 0 Å². The van der Waals surface area contributed by atoms with Crippen molar-refractivity contribution in [3.63, 3.8) is 0 Å². The van der Waals surface area contributed by atoms with Crippen molar-refractivity contribution in [2.24, 2.45) is 0 Å². The van der Waals surface area contributed by atoms with Gasteiger partial charge in [-0.15, -0.1) is 0 Å². The summed E-state index contributed by atoms with van der Waals surface area (Å²) in [7, 11) is 0. The van der Waals surface area contributed by atoms with Crippen LogP contribution in [0.1, 0.15) is 34.6 Å². The first-order chi connectivity index (χ1) is 5.02. The molecule has 0 heterocycles. The highest BCUT2D eigenvalue weighted by Gasteiger charge is 2.02. The zero-order valence-corrected chi connectivity index (χ0v) is 8.44. The molecular weight excluding hydrogens is 136 g/mol. The minimum atomic E-state index is 0.567. The highest BCUT2D eigenvalue weighted by molar-refractivity contribution is 4.67. The summed E-state index contributed by atoms with van der Waals surface area (Å²) in [5.41, 5.74) is 0. The van der Waals surface area contributed by atoms with Gasteiger partial charge in [-0.05, 0) is 6.92 Å².